The number of cyclic esters (lactones) is 1. The van der Waals surface area contributed by atoms with E-state index in [9.17, 15) is 30.0 Å². The second-order valence-corrected chi connectivity index (χ2v) is 17.6. The van der Waals surface area contributed by atoms with Crippen molar-refractivity contribution < 1.29 is 72.7 Å². The van der Waals surface area contributed by atoms with Crippen molar-refractivity contribution in [3.63, 3.8) is 0 Å². The van der Waals surface area contributed by atoms with Crippen LogP contribution < -0.4 is 0 Å². The van der Waals surface area contributed by atoms with Crippen molar-refractivity contribution in [3.05, 3.63) is 0 Å². The maximum atomic E-state index is 14.4. The topological polar surface area (TPSA) is 214 Å². The van der Waals surface area contributed by atoms with Crippen molar-refractivity contribution in [3.8, 4) is 0 Å². The molecule has 0 radical (unpaired) electrons. The Balaban J connectivity index is 2.29. The number of oxime groups is 1. The van der Waals surface area contributed by atoms with E-state index in [1.807, 2.05) is 46.7 Å². The van der Waals surface area contributed by atoms with Gasteiger partial charge in [-0.3, -0.25) is 4.79 Å². The molecule has 3 aliphatic heterocycles. The standard InChI is InChI=1S/C41H74N2O15/c1-16-28-41(10,49)34(46)23(4)31(42-53-20-29(44)50-13)21(2)18-40(9,52-15)36(58-38-32(45)27(43(11)12)17-22(3)54-38)24(5)33(25(6)37(48)56-28)57-30-19-39(8,51-14)35(47)26(7)55-30/h21-28,30,32-36,38,45-47,49H,16-20H2,1-15H3/b42-31-/t21-,22-,23+,24?,25-,26+,27+,28-,30+,32-,33+,34-,35+,36-,38+,39-,40-,41-/m1/s1. The van der Waals surface area contributed by atoms with Crippen LogP contribution in [0.1, 0.15) is 94.9 Å². The van der Waals surface area contributed by atoms with Crippen LogP contribution in [-0.2, 0) is 52.3 Å². The van der Waals surface area contributed by atoms with Gasteiger partial charge in [0.2, 0.25) is 6.61 Å². The van der Waals surface area contributed by atoms with E-state index in [-0.39, 0.29) is 37.1 Å². The molecule has 1 unspecified atom stereocenters. The number of carbonyl (C=O) groups excluding carboxylic acids is 2. The molecule has 0 saturated carbocycles. The predicted molar refractivity (Wildman–Crippen MR) is 211 cm³/mol. The van der Waals surface area contributed by atoms with Crippen LogP contribution >= 0.6 is 0 Å². The first-order chi connectivity index (χ1) is 26.9. The van der Waals surface area contributed by atoms with E-state index in [2.05, 4.69) is 5.16 Å². The maximum Gasteiger partial charge on any atom is 0.346 e. The molecule has 0 aromatic carbocycles. The minimum atomic E-state index is -1.98. The van der Waals surface area contributed by atoms with Crippen molar-refractivity contribution in [1.29, 1.82) is 0 Å². The Kier molecular flexibility index (Phi) is 18.0. The number of hydrogen-bond acceptors (Lipinski definition) is 17. The molecule has 0 aromatic heterocycles. The lowest BCUT2D eigenvalue weighted by Gasteiger charge is -2.50. The van der Waals surface area contributed by atoms with Crippen LogP contribution in [0, 0.1) is 23.7 Å². The normalized spacial score (nSPS) is 45.7. The fraction of sp³-hybridized carbons (Fsp3) is 0.927. The summed E-state index contributed by atoms with van der Waals surface area (Å²) in [5, 5.41) is 50.9. The summed E-state index contributed by atoms with van der Waals surface area (Å²) in [7, 11) is 7.99. The van der Waals surface area contributed by atoms with E-state index in [0.717, 1.165) is 0 Å². The number of aliphatic hydroxyl groups is 4. The largest absolute Gasteiger partial charge is 0.466 e. The number of ether oxygens (including phenoxy) is 8. The Bertz CT molecular complexity index is 1370. The summed E-state index contributed by atoms with van der Waals surface area (Å²) in [6, 6.07) is -0.307. The number of rotatable bonds is 11. The van der Waals surface area contributed by atoms with Crippen LogP contribution in [0.2, 0.25) is 0 Å². The quantitative estimate of drug-likeness (QED) is 0.174. The van der Waals surface area contributed by atoms with Crippen LogP contribution in [0.5, 0.6) is 0 Å². The molecule has 0 spiro atoms. The highest BCUT2D eigenvalue weighted by Crippen LogP contribution is 2.42. The Morgan fingerprint density at radius 2 is 1.52 bits per heavy atom. The number of esters is 2. The van der Waals surface area contributed by atoms with Crippen molar-refractivity contribution in [2.24, 2.45) is 28.8 Å². The average molecular weight is 835 g/mol. The molecule has 58 heavy (non-hydrogen) atoms. The van der Waals surface area contributed by atoms with Gasteiger partial charge >= 0.3 is 11.9 Å². The summed E-state index contributed by atoms with van der Waals surface area (Å²) < 4.78 is 49.2. The van der Waals surface area contributed by atoms with Crippen LogP contribution in [0.25, 0.3) is 0 Å². The third-order valence-electron chi connectivity index (χ3n) is 12.9. The molecular weight excluding hydrogens is 760 g/mol. The molecule has 0 aliphatic carbocycles. The summed E-state index contributed by atoms with van der Waals surface area (Å²) in [5.41, 5.74) is -4.03. The predicted octanol–water partition coefficient (Wildman–Crippen LogP) is 2.42. The molecule has 18 atom stereocenters. The summed E-state index contributed by atoms with van der Waals surface area (Å²) in [4.78, 5) is 33.8. The molecule has 0 aromatic rings. The molecule has 0 bridgehead atoms. The minimum Gasteiger partial charge on any atom is -0.466 e. The first-order valence-corrected chi connectivity index (χ1v) is 20.5. The smallest absolute Gasteiger partial charge is 0.346 e. The third kappa shape index (κ3) is 11.3. The molecule has 338 valence electrons. The van der Waals surface area contributed by atoms with Gasteiger partial charge in [0.15, 0.2) is 12.6 Å². The van der Waals surface area contributed by atoms with E-state index in [1.54, 1.807) is 34.6 Å². The highest BCUT2D eigenvalue weighted by atomic mass is 16.7. The number of likely N-dealkylation sites (N-methyl/N-ethyl adjacent to an activating group) is 1. The Labute approximate surface area is 344 Å². The number of hydrogen-bond donors (Lipinski definition) is 4. The molecule has 3 heterocycles. The van der Waals surface area contributed by atoms with Gasteiger partial charge in [0.25, 0.3) is 0 Å². The average Bonchev–Trinajstić information content (AvgIpc) is 3.17. The van der Waals surface area contributed by atoms with Crippen LogP contribution in [-0.4, -0.2) is 169 Å². The van der Waals surface area contributed by atoms with Gasteiger partial charge in [-0.1, -0.05) is 32.9 Å². The molecule has 3 saturated heterocycles. The van der Waals surface area contributed by atoms with Gasteiger partial charge in [0, 0.05) is 44.4 Å². The Hall–Kier alpha value is -2.03. The number of carbonyl (C=O) groups is 2. The zero-order valence-corrected chi connectivity index (χ0v) is 37.4. The Morgan fingerprint density at radius 3 is 2.07 bits per heavy atom. The molecule has 0 amide bonds. The second kappa shape index (κ2) is 20.7. The fourth-order valence-electron chi connectivity index (χ4n) is 8.99. The zero-order chi connectivity index (χ0) is 44.1. The summed E-state index contributed by atoms with van der Waals surface area (Å²) in [6.45, 7) is 16.8. The number of nitrogens with zero attached hydrogens (tertiary/aromatic N) is 2. The summed E-state index contributed by atoms with van der Waals surface area (Å²) >= 11 is 0. The number of methoxy groups -OCH3 is 3. The van der Waals surface area contributed by atoms with Gasteiger partial charge in [-0.2, -0.15) is 0 Å². The van der Waals surface area contributed by atoms with Gasteiger partial charge in [-0.05, 0) is 74.9 Å². The van der Waals surface area contributed by atoms with E-state index in [0.29, 0.717) is 6.42 Å². The monoisotopic (exact) mass is 835 g/mol. The lowest BCUT2D eigenvalue weighted by Crippen LogP contribution is -2.61. The molecule has 4 N–H and O–H groups in total. The first-order valence-electron chi connectivity index (χ1n) is 20.5. The second-order valence-electron chi connectivity index (χ2n) is 17.6. The van der Waals surface area contributed by atoms with Crippen LogP contribution in [0.4, 0.5) is 0 Å². The van der Waals surface area contributed by atoms with Crippen molar-refractivity contribution in [2.75, 3.05) is 42.0 Å². The van der Waals surface area contributed by atoms with Gasteiger partial charge in [0.05, 0.1) is 60.5 Å². The van der Waals surface area contributed by atoms with Crippen molar-refractivity contribution >= 4 is 17.7 Å². The summed E-state index contributed by atoms with van der Waals surface area (Å²) in [6.07, 6.45) is -8.93. The molecule has 17 heteroatoms. The van der Waals surface area contributed by atoms with Gasteiger partial charge in [-0.25, -0.2) is 4.79 Å². The van der Waals surface area contributed by atoms with E-state index in [1.165, 1.54) is 28.3 Å². The highest BCUT2D eigenvalue weighted by molar-refractivity contribution is 5.89. The van der Waals surface area contributed by atoms with Crippen molar-refractivity contribution in [2.45, 2.75) is 179 Å². The first kappa shape index (κ1) is 50.3. The maximum absolute atomic E-state index is 14.4. The molecular formula is C41H74N2O15. The van der Waals surface area contributed by atoms with Gasteiger partial charge in [0.1, 0.15) is 23.9 Å². The lowest BCUT2D eigenvalue weighted by molar-refractivity contribution is -0.319. The zero-order valence-electron chi connectivity index (χ0n) is 37.4. The van der Waals surface area contributed by atoms with Gasteiger partial charge < -0.3 is 68.1 Å². The Morgan fingerprint density at radius 1 is 0.897 bits per heavy atom. The molecule has 3 aliphatic rings. The SMILES string of the molecule is CC[C@H]1OC(=O)[C@H](C)[C@@H](O[C@H]2C[C@@](C)(OC)[C@@H](O)[C@H](C)O2)C(C)[C@@H](O[C@@H]2O[C@H](C)C[C@H](N(C)C)[C@H]2O)[C@](C)(OC)C[C@@H](C)/C(=N/OCC(=O)OC)[C@H](C)[C@@H](O)[C@]1(C)O. The molecule has 3 rings (SSSR count). The van der Waals surface area contributed by atoms with Crippen LogP contribution in [0.15, 0.2) is 5.16 Å². The van der Waals surface area contributed by atoms with Crippen molar-refractivity contribution in [1.82, 2.24) is 4.90 Å². The van der Waals surface area contributed by atoms with E-state index < -0.39 is 114 Å². The summed E-state index contributed by atoms with van der Waals surface area (Å²) in [5.74, 6) is -4.64. The van der Waals surface area contributed by atoms with Gasteiger partial charge in [-0.15, -0.1) is 0 Å². The minimum absolute atomic E-state index is 0.109. The highest BCUT2D eigenvalue weighted by Gasteiger charge is 2.54. The molecule has 17 nitrogen and oxygen atoms in total. The lowest BCUT2D eigenvalue weighted by atomic mass is 9.73. The molecule has 3 fully saturated rings. The fourth-order valence-corrected chi connectivity index (χ4v) is 8.99. The van der Waals surface area contributed by atoms with Crippen LogP contribution in [0.3, 0.4) is 0 Å². The van der Waals surface area contributed by atoms with E-state index >= 15 is 0 Å². The third-order valence-corrected chi connectivity index (χ3v) is 12.9. The van der Waals surface area contributed by atoms with E-state index in [4.69, 9.17) is 42.7 Å². The number of aliphatic hydroxyl groups excluding tert-OH is 3.